The maximum atomic E-state index is 13.7. The van der Waals surface area contributed by atoms with Gasteiger partial charge in [0.1, 0.15) is 11.3 Å². The van der Waals surface area contributed by atoms with Gasteiger partial charge in [-0.1, -0.05) is 45.0 Å². The smallest absolute Gasteiger partial charge is 0.290 e. The molecule has 3 aromatic rings. The molecule has 0 N–H and O–H groups in total. The summed E-state index contributed by atoms with van der Waals surface area (Å²) in [6, 6.07) is 12.9. The van der Waals surface area contributed by atoms with Crippen molar-refractivity contribution in [2.24, 2.45) is 0 Å². The van der Waals surface area contributed by atoms with E-state index in [4.69, 9.17) is 13.9 Å². The fourth-order valence-corrected chi connectivity index (χ4v) is 5.16. The van der Waals surface area contributed by atoms with Gasteiger partial charge in [0, 0.05) is 32.2 Å². The first-order valence-electron chi connectivity index (χ1n) is 12.6. The van der Waals surface area contributed by atoms with Gasteiger partial charge in [-0.2, -0.15) is 0 Å². The molecule has 0 unspecified atom stereocenters. The van der Waals surface area contributed by atoms with Crippen molar-refractivity contribution >= 4 is 16.9 Å². The Balaban J connectivity index is 1.54. The van der Waals surface area contributed by atoms with Crippen molar-refractivity contribution in [2.45, 2.75) is 38.6 Å². The molecule has 36 heavy (non-hydrogen) atoms. The number of carbonyl (C=O) groups excluding carboxylic acids is 1. The summed E-state index contributed by atoms with van der Waals surface area (Å²) in [6.45, 7) is 11.2. The number of carbonyl (C=O) groups is 1. The van der Waals surface area contributed by atoms with Gasteiger partial charge in [0.2, 0.25) is 5.76 Å². The monoisotopic (exact) mass is 490 g/mol. The van der Waals surface area contributed by atoms with Crippen LogP contribution in [0.4, 0.5) is 0 Å². The van der Waals surface area contributed by atoms with Crippen molar-refractivity contribution in [1.29, 1.82) is 0 Å². The van der Waals surface area contributed by atoms with Gasteiger partial charge >= 0.3 is 0 Å². The highest BCUT2D eigenvalue weighted by Gasteiger charge is 2.42. The summed E-state index contributed by atoms with van der Waals surface area (Å²) < 4.78 is 16.8. The molecule has 1 aromatic heterocycles. The quantitative estimate of drug-likeness (QED) is 0.511. The van der Waals surface area contributed by atoms with Gasteiger partial charge in [0.15, 0.2) is 5.43 Å². The van der Waals surface area contributed by atoms with E-state index in [0.717, 1.165) is 44.8 Å². The lowest BCUT2D eigenvalue weighted by Crippen LogP contribution is -2.38. The molecular weight excluding hydrogens is 456 g/mol. The van der Waals surface area contributed by atoms with E-state index in [1.807, 2.05) is 12.1 Å². The van der Waals surface area contributed by atoms with Crippen LogP contribution in [-0.4, -0.2) is 62.2 Å². The van der Waals surface area contributed by atoms with Crippen LogP contribution < -0.4 is 10.2 Å². The van der Waals surface area contributed by atoms with E-state index >= 15 is 0 Å². The molecule has 7 heteroatoms. The largest absolute Gasteiger partial charge is 0.497 e. The number of methoxy groups -OCH3 is 1. The number of fused-ring (bicyclic) bond motifs is 2. The number of morpholine rings is 1. The molecule has 2 aromatic carbocycles. The molecule has 3 heterocycles. The summed E-state index contributed by atoms with van der Waals surface area (Å²) in [4.78, 5) is 31.6. The lowest BCUT2D eigenvalue weighted by Gasteiger charge is -2.29. The van der Waals surface area contributed by atoms with Crippen LogP contribution >= 0.6 is 0 Å². The van der Waals surface area contributed by atoms with Crippen LogP contribution in [0.3, 0.4) is 0 Å². The first kappa shape index (κ1) is 24.5. The van der Waals surface area contributed by atoms with Gasteiger partial charge in [0.25, 0.3) is 5.91 Å². The third-order valence-corrected chi connectivity index (χ3v) is 7.24. The van der Waals surface area contributed by atoms with Crippen molar-refractivity contribution in [2.75, 3.05) is 46.5 Å². The zero-order valence-corrected chi connectivity index (χ0v) is 21.5. The van der Waals surface area contributed by atoms with Crippen LogP contribution in [-0.2, 0) is 10.2 Å². The number of benzene rings is 2. The maximum absolute atomic E-state index is 13.7. The van der Waals surface area contributed by atoms with Gasteiger partial charge in [-0.25, -0.2) is 0 Å². The van der Waals surface area contributed by atoms with Crippen LogP contribution in [0, 0.1) is 0 Å². The summed E-state index contributed by atoms with van der Waals surface area (Å²) in [5.41, 5.74) is 2.75. The Bertz CT molecular complexity index is 1320. The highest BCUT2D eigenvalue weighted by Crippen LogP contribution is 2.39. The minimum absolute atomic E-state index is 0.00800. The van der Waals surface area contributed by atoms with Crippen LogP contribution in [0.2, 0.25) is 0 Å². The Kier molecular flexibility index (Phi) is 6.62. The third-order valence-electron chi connectivity index (χ3n) is 7.24. The number of nitrogens with zero attached hydrogens (tertiary/aromatic N) is 2. The second-order valence-electron chi connectivity index (χ2n) is 10.6. The fourth-order valence-electron chi connectivity index (χ4n) is 5.16. The summed E-state index contributed by atoms with van der Waals surface area (Å²) in [7, 11) is 1.56. The normalized spacial score (nSPS) is 18.6. The lowest BCUT2D eigenvalue weighted by atomic mass is 9.86. The Hall–Kier alpha value is -3.16. The van der Waals surface area contributed by atoms with Crippen molar-refractivity contribution in [3.63, 3.8) is 0 Å². The SMILES string of the molecule is COc1ccc2c(=O)c3c(oc2c1)C(=O)N(CCCN1CCOCC1)[C@@H]3c1ccc(C(C)(C)C)cc1. The second-order valence-corrected chi connectivity index (χ2v) is 10.6. The molecule has 1 atom stereocenters. The highest BCUT2D eigenvalue weighted by atomic mass is 16.5. The molecule has 0 radical (unpaired) electrons. The Morgan fingerprint density at radius 2 is 1.72 bits per heavy atom. The van der Waals surface area contributed by atoms with Gasteiger partial charge < -0.3 is 18.8 Å². The van der Waals surface area contributed by atoms with E-state index in [0.29, 0.717) is 28.8 Å². The van der Waals surface area contributed by atoms with E-state index in [1.165, 1.54) is 5.56 Å². The molecule has 0 aliphatic carbocycles. The second kappa shape index (κ2) is 9.71. The van der Waals surface area contributed by atoms with Gasteiger partial charge in [-0.15, -0.1) is 0 Å². The van der Waals surface area contributed by atoms with E-state index < -0.39 is 6.04 Å². The molecule has 1 fully saturated rings. The standard InChI is InChI=1S/C29H34N2O5/c1-29(2,3)20-8-6-19(7-9-20)25-24-26(32)22-11-10-21(34-4)18-23(22)36-27(24)28(33)31(25)13-5-12-30-14-16-35-17-15-30/h6-11,18,25H,5,12-17H2,1-4H3/t25-/m1/s1. The minimum Gasteiger partial charge on any atom is -0.497 e. The molecule has 0 saturated carbocycles. The van der Waals surface area contributed by atoms with E-state index in [9.17, 15) is 9.59 Å². The van der Waals surface area contributed by atoms with E-state index in [1.54, 1.807) is 30.2 Å². The predicted octanol–water partition coefficient (Wildman–Crippen LogP) is 4.37. The minimum atomic E-state index is -0.478. The fraction of sp³-hybridized carbons (Fsp3) is 0.448. The number of amides is 1. The highest BCUT2D eigenvalue weighted by molar-refractivity contribution is 5.99. The van der Waals surface area contributed by atoms with Crippen molar-refractivity contribution in [3.8, 4) is 5.75 Å². The summed E-state index contributed by atoms with van der Waals surface area (Å²) in [5, 5.41) is 0.453. The molecule has 7 nitrogen and oxygen atoms in total. The molecular formula is C29H34N2O5. The van der Waals surface area contributed by atoms with E-state index in [-0.39, 0.29) is 22.5 Å². The number of hydrogen-bond donors (Lipinski definition) is 0. The molecule has 2 aliphatic heterocycles. The third kappa shape index (κ3) is 4.53. The van der Waals surface area contributed by atoms with Gasteiger partial charge in [0.05, 0.1) is 37.3 Å². The Morgan fingerprint density at radius 3 is 2.39 bits per heavy atom. The van der Waals surface area contributed by atoms with Gasteiger partial charge in [-0.3, -0.25) is 14.5 Å². The molecule has 1 saturated heterocycles. The molecule has 190 valence electrons. The number of ether oxygens (including phenoxy) is 2. The van der Waals surface area contributed by atoms with E-state index in [2.05, 4.69) is 37.8 Å². The zero-order valence-electron chi connectivity index (χ0n) is 21.5. The molecule has 1 amide bonds. The summed E-state index contributed by atoms with van der Waals surface area (Å²) >= 11 is 0. The van der Waals surface area contributed by atoms with Crippen molar-refractivity contribution in [3.05, 3.63) is 75.1 Å². The summed E-state index contributed by atoms with van der Waals surface area (Å²) in [6.07, 6.45) is 0.803. The van der Waals surface area contributed by atoms with Crippen LogP contribution in [0.5, 0.6) is 5.75 Å². The number of rotatable bonds is 6. The Labute approximate surface area is 211 Å². The molecule has 2 aliphatic rings. The number of hydrogen-bond acceptors (Lipinski definition) is 6. The van der Waals surface area contributed by atoms with Crippen LogP contribution in [0.25, 0.3) is 11.0 Å². The molecule has 5 rings (SSSR count). The first-order chi connectivity index (χ1) is 17.3. The summed E-state index contributed by atoms with van der Waals surface area (Å²) in [5.74, 6) is 0.475. The zero-order chi connectivity index (χ0) is 25.4. The topological polar surface area (TPSA) is 72.2 Å². The maximum Gasteiger partial charge on any atom is 0.290 e. The Morgan fingerprint density at radius 1 is 1.00 bits per heavy atom. The van der Waals surface area contributed by atoms with Gasteiger partial charge in [-0.05, 0) is 35.1 Å². The van der Waals surface area contributed by atoms with Crippen molar-refractivity contribution in [1.82, 2.24) is 9.80 Å². The van der Waals surface area contributed by atoms with Crippen LogP contribution in [0.15, 0.2) is 51.7 Å². The lowest BCUT2D eigenvalue weighted by molar-refractivity contribution is 0.0353. The van der Waals surface area contributed by atoms with Crippen LogP contribution in [0.1, 0.15) is 60.5 Å². The molecule has 0 bridgehead atoms. The average Bonchev–Trinajstić information content (AvgIpc) is 3.15. The average molecular weight is 491 g/mol. The van der Waals surface area contributed by atoms with Crippen molar-refractivity contribution < 1.29 is 18.7 Å². The predicted molar refractivity (Wildman–Crippen MR) is 139 cm³/mol. The molecule has 0 spiro atoms. The first-order valence-corrected chi connectivity index (χ1v) is 12.6.